The summed E-state index contributed by atoms with van der Waals surface area (Å²) >= 11 is 0. The zero-order valence-electron chi connectivity index (χ0n) is 18.0. The molecule has 0 spiro atoms. The van der Waals surface area contributed by atoms with Crippen LogP contribution in [-0.4, -0.2) is 43.3 Å². The van der Waals surface area contributed by atoms with Crippen LogP contribution in [0, 0.1) is 24.7 Å². The van der Waals surface area contributed by atoms with E-state index in [1.165, 1.54) is 17.6 Å². The van der Waals surface area contributed by atoms with Crippen molar-refractivity contribution in [1.82, 2.24) is 4.98 Å². The lowest BCUT2D eigenvalue weighted by Crippen LogP contribution is -2.40. The highest BCUT2D eigenvalue weighted by molar-refractivity contribution is 7.91. The molecule has 1 aliphatic carbocycles. The van der Waals surface area contributed by atoms with Gasteiger partial charge in [-0.2, -0.15) is 0 Å². The van der Waals surface area contributed by atoms with Crippen molar-refractivity contribution in [2.45, 2.75) is 6.92 Å². The predicted molar refractivity (Wildman–Crippen MR) is 123 cm³/mol. The molecule has 0 bridgehead atoms. The summed E-state index contributed by atoms with van der Waals surface area (Å²) in [5.74, 6) is -1.04. The molecule has 9 heteroatoms. The van der Waals surface area contributed by atoms with Gasteiger partial charge in [0.05, 0.1) is 11.5 Å². The smallest absolute Gasteiger partial charge is 0.244 e. The third-order valence-electron chi connectivity index (χ3n) is 6.32. The lowest BCUT2D eigenvalue weighted by atomic mass is 10.1. The van der Waals surface area contributed by atoms with Gasteiger partial charge in [-0.15, -0.1) is 0 Å². The first-order valence-corrected chi connectivity index (χ1v) is 12.5. The number of fused-ring (bicyclic) bond motifs is 1. The van der Waals surface area contributed by atoms with Gasteiger partial charge in [-0.1, -0.05) is 29.8 Å². The number of rotatable bonds is 6. The lowest BCUT2D eigenvalue weighted by molar-refractivity contribution is -0.122. The Kier molecular flexibility index (Phi) is 5.28. The Bertz CT molecular complexity index is 1270. The number of hydrogen-bond acceptors (Lipinski definition) is 6. The Hall–Kier alpha value is -3.46. The van der Waals surface area contributed by atoms with Gasteiger partial charge in [0.25, 0.3) is 0 Å². The molecule has 170 valence electrons. The van der Waals surface area contributed by atoms with E-state index in [0.29, 0.717) is 17.1 Å². The van der Waals surface area contributed by atoms with Crippen LogP contribution in [-0.2, 0) is 19.4 Å². The minimum Gasteiger partial charge on any atom is -0.451 e. The molecule has 5 rings (SSSR count). The molecule has 1 saturated heterocycles. The molecule has 0 radical (unpaired) electrons. The standard InChI is InChI=1S/C24H23N3O5S/c1-15-2-8-18(9-3-15)27(24(29)23-19-12-33(30,31)13-20(19)23)10-22(28)26-17-6-4-16(5-7-17)21-11-32-14-25-21/h2-9,11,14,19-20,23H,10,12-13H2,1H3,(H,26,28)/t19-,20+,23+. The molecule has 33 heavy (non-hydrogen) atoms. The highest BCUT2D eigenvalue weighted by Gasteiger charge is 2.62. The van der Waals surface area contributed by atoms with E-state index in [-0.39, 0.29) is 47.6 Å². The maximum atomic E-state index is 13.3. The maximum Gasteiger partial charge on any atom is 0.244 e. The van der Waals surface area contributed by atoms with Crippen molar-refractivity contribution < 1.29 is 22.4 Å². The Labute approximate surface area is 191 Å². The monoisotopic (exact) mass is 465 g/mol. The average molecular weight is 466 g/mol. The molecule has 1 aromatic heterocycles. The number of carbonyl (C=O) groups excluding carboxylic acids is 2. The van der Waals surface area contributed by atoms with E-state index >= 15 is 0 Å². The van der Waals surface area contributed by atoms with E-state index in [1.807, 2.05) is 43.3 Å². The Morgan fingerprint density at radius 2 is 1.73 bits per heavy atom. The lowest BCUT2D eigenvalue weighted by Gasteiger charge is -2.23. The number of hydrogen-bond donors (Lipinski definition) is 1. The van der Waals surface area contributed by atoms with Gasteiger partial charge in [0.2, 0.25) is 11.8 Å². The summed E-state index contributed by atoms with van der Waals surface area (Å²) in [5, 5.41) is 2.83. The number of anilines is 2. The minimum absolute atomic E-state index is 0.0554. The van der Waals surface area contributed by atoms with Gasteiger partial charge in [-0.25, -0.2) is 13.4 Å². The Balaban J connectivity index is 1.30. The van der Waals surface area contributed by atoms with Crippen LogP contribution in [0.25, 0.3) is 11.3 Å². The number of nitrogens with zero attached hydrogens (tertiary/aromatic N) is 2. The molecule has 1 aliphatic heterocycles. The molecule has 2 amide bonds. The highest BCUT2D eigenvalue weighted by Crippen LogP contribution is 2.54. The van der Waals surface area contributed by atoms with Gasteiger partial charge < -0.3 is 14.6 Å². The Morgan fingerprint density at radius 3 is 2.33 bits per heavy atom. The molecule has 2 heterocycles. The number of aryl methyl sites for hydroxylation is 1. The number of sulfone groups is 1. The SMILES string of the molecule is Cc1ccc(N(CC(=O)Nc2ccc(-c3cocn3)cc2)C(=O)[C@H]2[C@@H]3CS(=O)(=O)C[C@@H]32)cc1. The van der Waals surface area contributed by atoms with E-state index in [9.17, 15) is 18.0 Å². The van der Waals surface area contributed by atoms with Crippen LogP contribution in [0.15, 0.2) is 65.6 Å². The normalized spacial score (nSPS) is 22.4. The van der Waals surface area contributed by atoms with Crippen molar-refractivity contribution in [3.63, 3.8) is 0 Å². The van der Waals surface area contributed by atoms with Crippen LogP contribution in [0.5, 0.6) is 0 Å². The van der Waals surface area contributed by atoms with E-state index in [1.54, 1.807) is 12.1 Å². The number of carbonyl (C=O) groups is 2. The molecule has 2 fully saturated rings. The van der Waals surface area contributed by atoms with Crippen LogP contribution < -0.4 is 10.2 Å². The van der Waals surface area contributed by atoms with Crippen LogP contribution in [0.2, 0.25) is 0 Å². The summed E-state index contributed by atoms with van der Waals surface area (Å²) in [6.07, 6.45) is 2.89. The predicted octanol–water partition coefficient (Wildman–Crippen LogP) is 2.91. The van der Waals surface area contributed by atoms with Gasteiger partial charge in [0, 0.05) is 22.9 Å². The fraction of sp³-hybridized carbons (Fsp3) is 0.292. The average Bonchev–Trinajstić information content (AvgIpc) is 3.12. The molecule has 0 unspecified atom stereocenters. The second kappa shape index (κ2) is 8.15. The van der Waals surface area contributed by atoms with E-state index in [4.69, 9.17) is 4.42 Å². The Morgan fingerprint density at radius 1 is 1.06 bits per heavy atom. The van der Waals surface area contributed by atoms with Crippen LogP contribution >= 0.6 is 0 Å². The molecule has 1 saturated carbocycles. The highest BCUT2D eigenvalue weighted by atomic mass is 32.2. The van der Waals surface area contributed by atoms with E-state index < -0.39 is 9.84 Å². The van der Waals surface area contributed by atoms with E-state index in [2.05, 4.69) is 10.3 Å². The van der Waals surface area contributed by atoms with Crippen molar-refractivity contribution in [3.05, 3.63) is 66.8 Å². The molecule has 3 atom stereocenters. The molecular formula is C24H23N3O5S. The summed E-state index contributed by atoms with van der Waals surface area (Å²) in [5.41, 5.74) is 3.81. The van der Waals surface area contributed by atoms with Gasteiger partial charge in [-0.3, -0.25) is 9.59 Å². The summed E-state index contributed by atoms with van der Waals surface area (Å²) in [4.78, 5) is 31.7. The fourth-order valence-corrected chi connectivity index (χ4v) is 6.76. The second-order valence-corrected chi connectivity index (χ2v) is 10.8. The minimum atomic E-state index is -3.05. The third-order valence-corrected chi connectivity index (χ3v) is 8.11. The summed E-state index contributed by atoms with van der Waals surface area (Å²) in [6, 6.07) is 14.5. The van der Waals surface area contributed by atoms with Crippen LogP contribution in [0.1, 0.15) is 5.56 Å². The number of amides is 2. The fourth-order valence-electron chi connectivity index (χ4n) is 4.54. The van der Waals surface area contributed by atoms with Crippen molar-refractivity contribution in [2.24, 2.45) is 17.8 Å². The van der Waals surface area contributed by atoms with Crippen molar-refractivity contribution in [2.75, 3.05) is 28.3 Å². The molecule has 2 aliphatic rings. The van der Waals surface area contributed by atoms with Crippen LogP contribution in [0.3, 0.4) is 0 Å². The molecule has 2 aromatic carbocycles. The first-order valence-electron chi connectivity index (χ1n) is 10.7. The first-order chi connectivity index (χ1) is 15.8. The summed E-state index contributed by atoms with van der Waals surface area (Å²) < 4.78 is 28.6. The molecule has 8 nitrogen and oxygen atoms in total. The topological polar surface area (TPSA) is 110 Å². The van der Waals surface area contributed by atoms with Crippen molar-refractivity contribution in [3.8, 4) is 11.3 Å². The first kappa shape index (κ1) is 21.4. The summed E-state index contributed by atoms with van der Waals surface area (Å²) in [6.45, 7) is 1.79. The van der Waals surface area contributed by atoms with Gasteiger partial charge >= 0.3 is 0 Å². The second-order valence-electron chi connectivity index (χ2n) is 8.69. The zero-order valence-corrected chi connectivity index (χ0v) is 18.8. The molecule has 1 N–H and O–H groups in total. The quantitative estimate of drug-likeness (QED) is 0.600. The van der Waals surface area contributed by atoms with Crippen molar-refractivity contribution >= 4 is 33.0 Å². The third kappa shape index (κ3) is 4.41. The van der Waals surface area contributed by atoms with Gasteiger partial charge in [-0.05, 0) is 43.0 Å². The zero-order chi connectivity index (χ0) is 23.2. The van der Waals surface area contributed by atoms with Gasteiger partial charge in [0.1, 0.15) is 18.5 Å². The molecular weight excluding hydrogens is 442 g/mol. The number of aromatic nitrogens is 1. The van der Waals surface area contributed by atoms with Crippen molar-refractivity contribution in [1.29, 1.82) is 0 Å². The van der Waals surface area contributed by atoms with Crippen LogP contribution in [0.4, 0.5) is 11.4 Å². The van der Waals surface area contributed by atoms with E-state index in [0.717, 1.165) is 11.1 Å². The number of nitrogens with one attached hydrogen (secondary N) is 1. The number of benzene rings is 2. The maximum absolute atomic E-state index is 13.3. The largest absolute Gasteiger partial charge is 0.451 e. The molecule has 3 aromatic rings. The van der Waals surface area contributed by atoms with Gasteiger partial charge in [0.15, 0.2) is 16.2 Å². The summed E-state index contributed by atoms with van der Waals surface area (Å²) in [7, 11) is -3.05. The number of oxazole rings is 1.